The molecule has 0 aromatic heterocycles. The van der Waals surface area contributed by atoms with E-state index in [4.69, 9.17) is 4.74 Å². The van der Waals surface area contributed by atoms with Crippen LogP contribution in [0.2, 0.25) is 0 Å². The van der Waals surface area contributed by atoms with Crippen LogP contribution in [0.3, 0.4) is 0 Å². The van der Waals surface area contributed by atoms with Crippen LogP contribution in [0.5, 0.6) is 0 Å². The van der Waals surface area contributed by atoms with Crippen molar-refractivity contribution in [3.63, 3.8) is 0 Å². The molecular formula is C119H253N11O2. The van der Waals surface area contributed by atoms with Crippen LogP contribution in [0.4, 0.5) is 0 Å². The standard InChI is InChI=1S/C15H29N.C15H23N.C11H23N.C10H21NO.C10H21N.3C9H19N.C8H17NO.2C8H17N.7CH4/c2*1-15(2,3)14-10-7-11-16(14)12-13-8-5-4-6-9-13;1-5-10-7-6-8-12(9-10)11(2,3)4;1-10(2,3)11-7-5-6-9(11)8-12-4;1-9-6-5-7-11(8-9)10(2,3)4;1-9(2,3)8-6-5-7-10(8)4;1-9(2,3)10-7-5-4-6-8-10;1-9(2,3)8-6-4-5-7-10-8;1-8(2,3)9-5-4-7(10)6-9;1-8(2,3)9-6-4-5-7-9;1-8(2,3)7-5-4-6-9-7;;;;;;;/h13-14H,4-12H2,1-3H3;4-6,8-9,14H,7,10-12H2,1-3H3;10H,5-9H2,1-4H3;9H,5-8H2,1-4H3;9H,5-8H2,1-4H3;8H,5-7H2,1-4H3;4-8H2,1-3H3;8,10H,4-7H2,1-3H3;7,10H,4-6H2,1-3H3;4-7H2,1-3H3;7,9H,4-6H2,1-3H3;7*1H4/t;;;9-;;;;;;;;;;;;;;/m...1............../s1. The zero-order valence-corrected chi connectivity index (χ0v) is 91.5. The number of nitrogens with zero attached hydrogens (tertiary/aromatic N) is 9. The molecule has 3 N–H and O–H groups in total. The fraction of sp³-hybridized carbons (Fsp3) is 0.950. The summed E-state index contributed by atoms with van der Waals surface area (Å²) in [5.41, 5.74) is 5.86. The van der Waals surface area contributed by atoms with Gasteiger partial charge >= 0.3 is 0 Å². The van der Waals surface area contributed by atoms with E-state index in [0.29, 0.717) is 60.8 Å². The van der Waals surface area contributed by atoms with Gasteiger partial charge in [0.25, 0.3) is 0 Å². The van der Waals surface area contributed by atoms with E-state index in [1.165, 1.54) is 284 Å². The van der Waals surface area contributed by atoms with Crippen LogP contribution >= 0.6 is 0 Å². The van der Waals surface area contributed by atoms with E-state index in [2.05, 4.69) is 334 Å². The topological polar surface area (TPSA) is 82.7 Å². The number of hydrogen-bond donors (Lipinski definition) is 3. The maximum absolute atomic E-state index is 9.22. The van der Waals surface area contributed by atoms with E-state index in [-0.39, 0.29) is 63.6 Å². The van der Waals surface area contributed by atoms with Crippen LogP contribution in [0.1, 0.15) is 486 Å². The minimum atomic E-state index is -0.0841. The Kier molecular flexibility index (Phi) is 69.4. The summed E-state index contributed by atoms with van der Waals surface area (Å²) in [6.07, 6.45) is 40.2. The Bertz CT molecular complexity index is 2760. The quantitative estimate of drug-likeness (QED) is 0.243. The Morgan fingerprint density at radius 3 is 1.05 bits per heavy atom. The van der Waals surface area contributed by atoms with Crippen molar-refractivity contribution in [1.82, 2.24) is 54.7 Å². The van der Waals surface area contributed by atoms with Crippen molar-refractivity contribution in [3.05, 3.63) is 35.9 Å². The first-order valence-corrected chi connectivity index (χ1v) is 53.1. The first kappa shape index (κ1) is 139. The van der Waals surface area contributed by atoms with Crippen LogP contribution in [-0.2, 0) is 11.3 Å². The lowest BCUT2D eigenvalue weighted by molar-refractivity contribution is 0.0604. The van der Waals surface area contributed by atoms with Gasteiger partial charge in [-0.05, 0) is 408 Å². The van der Waals surface area contributed by atoms with E-state index >= 15 is 0 Å². The highest BCUT2D eigenvalue weighted by Gasteiger charge is 2.39. The largest absolute Gasteiger partial charge is 0.392 e. The Hall–Kier alpha value is -1.30. The van der Waals surface area contributed by atoms with Crippen LogP contribution in [0.15, 0.2) is 30.3 Å². The Morgan fingerprint density at radius 1 is 0.333 bits per heavy atom. The summed E-state index contributed by atoms with van der Waals surface area (Å²) in [7, 11) is 4.03. The fourth-order valence-electron chi connectivity index (χ4n) is 21.8. The molecule has 11 heterocycles. The maximum atomic E-state index is 9.22. The average molecular weight is 1870 g/mol. The molecule has 0 bridgehead atoms. The Balaban J connectivity index is -0.000000448. The zero-order chi connectivity index (χ0) is 94.6. The number of β-amino-alcohol motifs (C(OH)–C–C–N with tert-alkyl or cyclic N) is 1. The summed E-state index contributed by atoms with van der Waals surface area (Å²) < 4.78 is 5.21. The van der Waals surface area contributed by atoms with Crippen molar-refractivity contribution in [1.29, 1.82) is 0 Å². The van der Waals surface area contributed by atoms with Gasteiger partial charge in [0.2, 0.25) is 0 Å². The number of benzene rings is 1. The van der Waals surface area contributed by atoms with Crippen molar-refractivity contribution in [3.8, 4) is 0 Å². The van der Waals surface area contributed by atoms with Crippen molar-refractivity contribution in [2.24, 2.45) is 44.8 Å². The van der Waals surface area contributed by atoms with Gasteiger partial charge in [0.05, 0.1) is 12.7 Å². The van der Waals surface area contributed by atoms with Gasteiger partial charge in [0, 0.05) is 116 Å². The predicted molar refractivity (Wildman–Crippen MR) is 601 cm³/mol. The van der Waals surface area contributed by atoms with Crippen LogP contribution in [-0.4, -0.2) is 257 Å². The van der Waals surface area contributed by atoms with Gasteiger partial charge in [-0.15, -0.1) is 0 Å². The molecule has 12 aliphatic rings. The van der Waals surface area contributed by atoms with Crippen LogP contribution < -0.4 is 10.6 Å². The van der Waals surface area contributed by atoms with E-state index < -0.39 is 0 Å². The summed E-state index contributed by atoms with van der Waals surface area (Å²) >= 11 is 0. The number of nitrogens with one attached hydrogen (secondary N) is 2. The van der Waals surface area contributed by atoms with Gasteiger partial charge in [-0.1, -0.05) is 239 Å². The maximum Gasteiger partial charge on any atom is 0.0679 e. The van der Waals surface area contributed by atoms with Gasteiger partial charge in [0.1, 0.15) is 0 Å². The van der Waals surface area contributed by atoms with Gasteiger partial charge in [-0.3, -0.25) is 39.2 Å². The molecule has 12 fully saturated rings. The molecule has 1 saturated carbocycles. The fourth-order valence-corrected chi connectivity index (χ4v) is 21.8. The molecule has 11 aliphatic heterocycles. The summed E-state index contributed by atoms with van der Waals surface area (Å²) in [4.78, 5) is 23.2. The first-order chi connectivity index (χ1) is 57.7. The summed E-state index contributed by atoms with van der Waals surface area (Å²) in [6.45, 7) is 104. The molecule has 13 nitrogen and oxygen atoms in total. The molecule has 13 rings (SSSR count). The minimum absolute atomic E-state index is 0. The number of likely N-dealkylation sites (tertiary alicyclic amines) is 9. The molecule has 132 heavy (non-hydrogen) atoms. The SMILES string of the molecule is C.C.C.C.C.C.C.CC(C)(C)C1CCCCN1.CC(C)(C)C1CCCN1.CC(C)(C)C1CCCN1CC1CCCCC1.CC(C)(C)C1CCCN1Cc1ccccc1.CC(C)(C)N1CCC(O)C1.CC(C)(C)N1CCCC1.CC(C)(C)N1CCCCC1.CC1CCCN(C(C)(C)C)C1.CCC1CCCN(C(C)(C)C)C1.CN1CCCC1C(C)(C)C.COC[C@H]1CCCN1C(C)(C)C. The number of rotatable bonds is 7. The smallest absolute Gasteiger partial charge is 0.0679 e. The highest BCUT2D eigenvalue weighted by atomic mass is 16.5. The Morgan fingerprint density at radius 2 is 0.705 bits per heavy atom. The lowest BCUT2D eigenvalue weighted by Crippen LogP contribution is -2.47. The number of aliphatic hydroxyl groups is 1. The number of aliphatic hydroxyl groups excluding tert-OH is 1. The third kappa shape index (κ3) is 56.5. The first-order valence-electron chi connectivity index (χ1n) is 53.1. The van der Waals surface area contributed by atoms with E-state index in [1.54, 1.807) is 7.11 Å². The molecule has 796 valence electrons. The molecule has 1 aromatic rings. The highest BCUT2D eigenvalue weighted by molar-refractivity contribution is 5.15. The number of hydrogen-bond acceptors (Lipinski definition) is 13. The Labute approximate surface area is 835 Å². The molecule has 1 aliphatic carbocycles. The second-order valence-corrected chi connectivity index (χ2v) is 52.5. The van der Waals surface area contributed by atoms with E-state index in [0.717, 1.165) is 80.6 Å². The lowest BCUT2D eigenvalue weighted by Gasteiger charge is -2.41. The van der Waals surface area contributed by atoms with Gasteiger partial charge < -0.3 is 25.4 Å². The van der Waals surface area contributed by atoms with Gasteiger partial charge in [-0.2, -0.15) is 0 Å². The van der Waals surface area contributed by atoms with Crippen molar-refractivity contribution < 1.29 is 9.84 Å². The highest BCUT2D eigenvalue weighted by Crippen LogP contribution is 2.38. The van der Waals surface area contributed by atoms with Crippen molar-refractivity contribution >= 4 is 0 Å². The van der Waals surface area contributed by atoms with Gasteiger partial charge in [-0.25, -0.2) is 0 Å². The van der Waals surface area contributed by atoms with Crippen molar-refractivity contribution in [2.45, 2.75) is 563 Å². The van der Waals surface area contributed by atoms with Crippen molar-refractivity contribution in [2.75, 3.05) is 132 Å². The molecule has 13 heteroatoms. The molecule has 0 amide bonds. The van der Waals surface area contributed by atoms with Gasteiger partial charge in [0.15, 0.2) is 0 Å². The van der Waals surface area contributed by atoms with Crippen LogP contribution in [0, 0.1) is 44.8 Å². The second-order valence-electron chi connectivity index (χ2n) is 52.5. The second kappa shape index (κ2) is 65.8. The van der Waals surface area contributed by atoms with Crippen LogP contribution in [0.25, 0.3) is 0 Å². The molecule has 11 saturated heterocycles. The summed E-state index contributed by atoms with van der Waals surface area (Å²) in [5.74, 6) is 2.87. The normalized spacial score (nSPS) is 25.6. The minimum Gasteiger partial charge on any atom is -0.392 e. The summed E-state index contributed by atoms with van der Waals surface area (Å²) in [6, 6.07) is 15.4. The third-order valence-corrected chi connectivity index (χ3v) is 29.9. The molecule has 8 unspecified atom stereocenters. The molecule has 9 atom stereocenters. The number of methoxy groups -OCH3 is 1. The monoisotopic (exact) mass is 1870 g/mol. The number of piperidine rings is 4. The molecule has 1 aromatic carbocycles. The van der Waals surface area contributed by atoms with E-state index in [1.807, 2.05) is 0 Å². The molecular weight excluding hydrogens is 1620 g/mol. The molecule has 0 radical (unpaired) electrons. The summed E-state index contributed by atoms with van der Waals surface area (Å²) in [5, 5.41) is 16.3. The number of ether oxygens (including phenoxy) is 1. The predicted octanol–water partition coefficient (Wildman–Crippen LogP) is 30.6. The molecule has 0 spiro atoms. The van der Waals surface area contributed by atoms with E-state index in [9.17, 15) is 5.11 Å². The zero-order valence-electron chi connectivity index (χ0n) is 91.5. The lowest BCUT2D eigenvalue weighted by atomic mass is 9.82. The average Bonchev–Trinajstić information content (AvgIpc) is 1.59. The third-order valence-electron chi connectivity index (χ3n) is 29.9.